The maximum Gasteiger partial charge on any atom is 0.128 e. The molecule has 1 saturated heterocycles. The summed E-state index contributed by atoms with van der Waals surface area (Å²) in [4.78, 5) is 6.70. The number of anilines is 1. The van der Waals surface area contributed by atoms with Crippen molar-refractivity contribution in [1.29, 1.82) is 0 Å². The highest BCUT2D eigenvalue weighted by molar-refractivity contribution is 6.30. The molecule has 0 unspecified atom stereocenters. The topological polar surface area (TPSA) is 48.4 Å². The number of halogens is 1. The van der Waals surface area contributed by atoms with Gasteiger partial charge in [-0.2, -0.15) is 0 Å². The van der Waals surface area contributed by atoms with E-state index in [1.54, 1.807) is 6.20 Å². The first kappa shape index (κ1) is 15.1. The summed E-state index contributed by atoms with van der Waals surface area (Å²) in [6, 6.07) is 4.70. The van der Waals surface area contributed by atoms with Crippen molar-refractivity contribution in [2.24, 2.45) is 0 Å². The molecule has 5 heteroatoms. The lowest BCUT2D eigenvalue weighted by Crippen LogP contribution is -2.51. The smallest absolute Gasteiger partial charge is 0.128 e. The highest BCUT2D eigenvalue weighted by Crippen LogP contribution is 2.23. The molecule has 3 rings (SSSR count). The summed E-state index contributed by atoms with van der Waals surface area (Å²) >= 11 is 5.88. The van der Waals surface area contributed by atoms with Gasteiger partial charge >= 0.3 is 0 Å². The van der Waals surface area contributed by atoms with E-state index >= 15 is 0 Å². The van der Waals surface area contributed by atoms with Crippen molar-refractivity contribution in [2.75, 3.05) is 18.0 Å². The van der Waals surface area contributed by atoms with Crippen LogP contribution in [-0.4, -0.2) is 41.4 Å². The third-order valence-corrected chi connectivity index (χ3v) is 4.93. The van der Waals surface area contributed by atoms with Crippen LogP contribution in [0.1, 0.15) is 38.5 Å². The van der Waals surface area contributed by atoms with Crippen molar-refractivity contribution in [1.82, 2.24) is 10.3 Å². The average molecular weight is 310 g/mol. The summed E-state index contributed by atoms with van der Waals surface area (Å²) in [6.07, 6.45) is 8.23. The van der Waals surface area contributed by atoms with Gasteiger partial charge in [-0.05, 0) is 37.8 Å². The number of piperidine rings is 1. The lowest BCUT2D eigenvalue weighted by Gasteiger charge is -2.37. The predicted octanol–water partition coefficient (Wildman–Crippen LogP) is 2.60. The molecule has 2 atom stereocenters. The molecule has 0 radical (unpaired) electrons. The molecule has 1 saturated carbocycles. The van der Waals surface area contributed by atoms with Crippen LogP contribution < -0.4 is 10.2 Å². The van der Waals surface area contributed by atoms with Crippen molar-refractivity contribution in [3.63, 3.8) is 0 Å². The van der Waals surface area contributed by atoms with Crippen LogP contribution in [0.5, 0.6) is 0 Å². The fraction of sp³-hybridized carbons (Fsp3) is 0.688. The molecule has 1 aliphatic carbocycles. The number of nitrogens with zero attached hydrogens (tertiary/aromatic N) is 2. The molecule has 1 aromatic heterocycles. The van der Waals surface area contributed by atoms with E-state index in [2.05, 4.69) is 15.2 Å². The highest BCUT2D eigenvalue weighted by Gasteiger charge is 2.27. The Morgan fingerprint density at radius 1 is 1.14 bits per heavy atom. The molecule has 2 heterocycles. The van der Waals surface area contributed by atoms with E-state index in [1.165, 1.54) is 12.8 Å². The van der Waals surface area contributed by atoms with Gasteiger partial charge in [-0.15, -0.1) is 0 Å². The van der Waals surface area contributed by atoms with Gasteiger partial charge in [0.1, 0.15) is 5.82 Å². The minimum atomic E-state index is -0.158. The zero-order valence-corrected chi connectivity index (χ0v) is 13.1. The van der Waals surface area contributed by atoms with E-state index in [0.717, 1.165) is 44.6 Å². The molecule has 0 bridgehead atoms. The SMILES string of the molecule is O[C@@H]1CCCC[C@H]1NC1CCN(c2ccc(Cl)cn2)CC1. The number of aromatic nitrogens is 1. The van der Waals surface area contributed by atoms with E-state index in [4.69, 9.17) is 11.6 Å². The molecule has 116 valence electrons. The van der Waals surface area contributed by atoms with E-state index in [9.17, 15) is 5.11 Å². The molecule has 2 N–H and O–H groups in total. The van der Waals surface area contributed by atoms with Crippen LogP contribution in [0.3, 0.4) is 0 Å². The van der Waals surface area contributed by atoms with E-state index in [0.29, 0.717) is 17.1 Å². The average Bonchev–Trinajstić information content (AvgIpc) is 2.51. The second-order valence-corrected chi connectivity index (χ2v) is 6.66. The van der Waals surface area contributed by atoms with Gasteiger partial charge in [-0.3, -0.25) is 0 Å². The minimum absolute atomic E-state index is 0.158. The first-order chi connectivity index (χ1) is 10.2. The molecule has 0 amide bonds. The van der Waals surface area contributed by atoms with Crippen LogP contribution in [0.2, 0.25) is 5.02 Å². The Kier molecular flexibility index (Phi) is 4.99. The van der Waals surface area contributed by atoms with E-state index < -0.39 is 0 Å². The highest BCUT2D eigenvalue weighted by atomic mass is 35.5. The number of hydrogen-bond acceptors (Lipinski definition) is 4. The molecule has 2 fully saturated rings. The third kappa shape index (κ3) is 3.87. The molecule has 1 aromatic rings. The van der Waals surface area contributed by atoms with Gasteiger partial charge in [-0.1, -0.05) is 24.4 Å². The summed E-state index contributed by atoms with van der Waals surface area (Å²) in [6.45, 7) is 2.02. The number of nitrogens with one attached hydrogen (secondary N) is 1. The van der Waals surface area contributed by atoms with E-state index in [-0.39, 0.29) is 6.10 Å². The predicted molar refractivity (Wildman–Crippen MR) is 85.9 cm³/mol. The monoisotopic (exact) mass is 309 g/mol. The van der Waals surface area contributed by atoms with Gasteiger partial charge in [-0.25, -0.2) is 4.98 Å². The molecular formula is C16H24ClN3O. The fourth-order valence-electron chi connectivity index (χ4n) is 3.44. The summed E-state index contributed by atoms with van der Waals surface area (Å²) in [5.74, 6) is 1.01. The van der Waals surface area contributed by atoms with Crippen molar-refractivity contribution in [3.8, 4) is 0 Å². The van der Waals surface area contributed by atoms with Gasteiger partial charge in [0.25, 0.3) is 0 Å². The summed E-state index contributed by atoms with van der Waals surface area (Å²) in [7, 11) is 0. The molecular weight excluding hydrogens is 286 g/mol. The quantitative estimate of drug-likeness (QED) is 0.901. The van der Waals surface area contributed by atoms with Crippen LogP contribution in [-0.2, 0) is 0 Å². The first-order valence-electron chi connectivity index (χ1n) is 8.03. The molecule has 1 aliphatic heterocycles. The van der Waals surface area contributed by atoms with Crippen LogP contribution in [0.15, 0.2) is 18.3 Å². The Morgan fingerprint density at radius 3 is 2.57 bits per heavy atom. The number of aliphatic hydroxyl groups is 1. The number of hydrogen-bond donors (Lipinski definition) is 2. The standard InChI is InChI=1S/C16H24ClN3O/c17-12-5-6-16(18-11-12)20-9-7-13(8-10-20)19-14-3-1-2-4-15(14)21/h5-6,11,13-15,19,21H,1-4,7-10H2/t14-,15-/m1/s1. The summed E-state index contributed by atoms with van der Waals surface area (Å²) < 4.78 is 0. The van der Waals surface area contributed by atoms with Gasteiger partial charge < -0.3 is 15.3 Å². The van der Waals surface area contributed by atoms with Gasteiger partial charge in [0.15, 0.2) is 0 Å². The van der Waals surface area contributed by atoms with Crippen molar-refractivity contribution < 1.29 is 5.11 Å². The minimum Gasteiger partial charge on any atom is -0.392 e. The normalized spacial score (nSPS) is 27.8. The van der Waals surface area contributed by atoms with Crippen LogP contribution in [0.25, 0.3) is 0 Å². The first-order valence-corrected chi connectivity index (χ1v) is 8.41. The van der Waals surface area contributed by atoms with Crippen LogP contribution >= 0.6 is 11.6 Å². The zero-order valence-electron chi connectivity index (χ0n) is 12.3. The summed E-state index contributed by atoms with van der Waals surface area (Å²) in [5, 5.41) is 14.4. The van der Waals surface area contributed by atoms with Crippen molar-refractivity contribution in [2.45, 2.75) is 56.7 Å². The second kappa shape index (κ2) is 6.95. The molecule has 4 nitrogen and oxygen atoms in total. The number of pyridine rings is 1. The zero-order chi connectivity index (χ0) is 14.7. The Morgan fingerprint density at radius 2 is 1.90 bits per heavy atom. The maximum atomic E-state index is 10.1. The van der Waals surface area contributed by atoms with Crippen LogP contribution in [0.4, 0.5) is 5.82 Å². The van der Waals surface area contributed by atoms with Crippen LogP contribution in [0, 0.1) is 0 Å². The largest absolute Gasteiger partial charge is 0.392 e. The van der Waals surface area contributed by atoms with Gasteiger partial charge in [0, 0.05) is 31.4 Å². The van der Waals surface area contributed by atoms with E-state index in [1.807, 2.05) is 12.1 Å². The number of aliphatic hydroxyl groups excluding tert-OH is 1. The molecule has 0 aromatic carbocycles. The Balaban J connectivity index is 1.49. The third-order valence-electron chi connectivity index (χ3n) is 4.71. The molecule has 21 heavy (non-hydrogen) atoms. The lowest BCUT2D eigenvalue weighted by atomic mass is 9.91. The Bertz CT molecular complexity index is 445. The van der Waals surface area contributed by atoms with Gasteiger partial charge in [0.2, 0.25) is 0 Å². The van der Waals surface area contributed by atoms with Crippen molar-refractivity contribution >= 4 is 17.4 Å². The Hall–Kier alpha value is -0.840. The Labute approximate surface area is 131 Å². The lowest BCUT2D eigenvalue weighted by molar-refractivity contribution is 0.0828. The molecule has 0 spiro atoms. The number of rotatable bonds is 3. The maximum absolute atomic E-state index is 10.1. The fourth-order valence-corrected chi connectivity index (χ4v) is 3.55. The molecule has 2 aliphatic rings. The summed E-state index contributed by atoms with van der Waals surface area (Å²) in [5.41, 5.74) is 0. The second-order valence-electron chi connectivity index (χ2n) is 6.22. The van der Waals surface area contributed by atoms with Crippen molar-refractivity contribution in [3.05, 3.63) is 23.4 Å². The van der Waals surface area contributed by atoms with Gasteiger partial charge in [0.05, 0.1) is 11.1 Å².